The predicted octanol–water partition coefficient (Wildman–Crippen LogP) is 3.14. The predicted molar refractivity (Wildman–Crippen MR) is 102 cm³/mol. The van der Waals surface area contributed by atoms with Gasteiger partial charge in [-0.15, -0.1) is 11.3 Å². The van der Waals surface area contributed by atoms with E-state index in [2.05, 4.69) is 17.4 Å². The van der Waals surface area contributed by atoms with Crippen molar-refractivity contribution in [2.75, 3.05) is 18.5 Å². The number of carbonyl (C=O) groups is 3. The Kier molecular flexibility index (Phi) is 6.13. The number of carbonyl (C=O) groups excluding carboxylic acids is 3. The fourth-order valence-corrected chi connectivity index (χ4v) is 4.50. The second kappa shape index (κ2) is 8.55. The van der Waals surface area contributed by atoms with Crippen molar-refractivity contribution in [3.8, 4) is 0 Å². The van der Waals surface area contributed by atoms with Crippen molar-refractivity contribution in [1.82, 2.24) is 5.16 Å². The lowest BCUT2D eigenvalue weighted by Crippen LogP contribution is -2.22. The molecule has 2 heterocycles. The Labute approximate surface area is 166 Å². The number of aromatic nitrogens is 1. The molecule has 2 aromatic heterocycles. The molecule has 0 aliphatic heterocycles. The van der Waals surface area contributed by atoms with E-state index < -0.39 is 24.5 Å². The Morgan fingerprint density at radius 2 is 2.11 bits per heavy atom. The fourth-order valence-electron chi connectivity index (χ4n) is 3.08. The van der Waals surface area contributed by atoms with Gasteiger partial charge >= 0.3 is 11.9 Å². The highest BCUT2D eigenvalue weighted by Gasteiger charge is 2.29. The van der Waals surface area contributed by atoms with Gasteiger partial charge in [0.2, 0.25) is 5.76 Å². The maximum absolute atomic E-state index is 12.4. The van der Waals surface area contributed by atoms with Gasteiger partial charge in [0.05, 0.1) is 17.9 Å². The summed E-state index contributed by atoms with van der Waals surface area (Å²) < 4.78 is 14.9. The highest BCUT2D eigenvalue weighted by atomic mass is 32.1. The Hall–Kier alpha value is -2.68. The van der Waals surface area contributed by atoms with E-state index >= 15 is 0 Å². The monoisotopic (exact) mass is 406 g/mol. The minimum atomic E-state index is -0.777. The second-order valence-corrected chi connectivity index (χ2v) is 7.84. The number of anilines is 1. The van der Waals surface area contributed by atoms with Crippen LogP contribution in [-0.4, -0.2) is 36.2 Å². The number of fused-ring (bicyclic) bond motifs is 1. The maximum Gasteiger partial charge on any atom is 0.377 e. The zero-order valence-corrected chi connectivity index (χ0v) is 16.8. The molecule has 0 unspecified atom stereocenters. The van der Waals surface area contributed by atoms with Crippen LogP contribution >= 0.6 is 11.3 Å². The van der Waals surface area contributed by atoms with E-state index in [1.165, 1.54) is 17.4 Å². The standard InChI is InChI=1S/C19H22N2O6S/c1-4-25-19(24)16-12-6-5-10(2)7-14(12)28-17(16)20-15(22)9-26-18(23)13-8-11(3)21-27-13/h8,10H,4-7,9H2,1-3H3,(H,20,22)/t10-/m1/s1. The number of thiophene rings is 1. The molecule has 3 rings (SSSR count). The summed E-state index contributed by atoms with van der Waals surface area (Å²) in [5.41, 5.74) is 1.90. The van der Waals surface area contributed by atoms with Crippen molar-refractivity contribution in [3.63, 3.8) is 0 Å². The second-order valence-electron chi connectivity index (χ2n) is 6.73. The van der Waals surface area contributed by atoms with Crippen molar-refractivity contribution in [3.05, 3.63) is 33.5 Å². The number of hydrogen-bond donors (Lipinski definition) is 1. The normalized spacial score (nSPS) is 15.6. The average molecular weight is 406 g/mol. The van der Waals surface area contributed by atoms with E-state index in [-0.39, 0.29) is 12.4 Å². The van der Waals surface area contributed by atoms with Crippen LogP contribution in [0.5, 0.6) is 0 Å². The van der Waals surface area contributed by atoms with Gasteiger partial charge in [-0.2, -0.15) is 0 Å². The number of aryl methyl sites for hydroxylation is 1. The van der Waals surface area contributed by atoms with Crippen LogP contribution in [0.1, 0.15) is 57.3 Å². The highest BCUT2D eigenvalue weighted by Crippen LogP contribution is 2.40. The molecular weight excluding hydrogens is 384 g/mol. The van der Waals surface area contributed by atoms with Crippen LogP contribution in [-0.2, 0) is 27.1 Å². The summed E-state index contributed by atoms with van der Waals surface area (Å²) in [4.78, 5) is 37.7. The summed E-state index contributed by atoms with van der Waals surface area (Å²) in [6, 6.07) is 1.42. The maximum atomic E-state index is 12.4. The van der Waals surface area contributed by atoms with Crippen LogP contribution in [0.4, 0.5) is 5.00 Å². The first kappa shape index (κ1) is 20.1. The van der Waals surface area contributed by atoms with Gasteiger partial charge in [0.15, 0.2) is 6.61 Å². The molecular formula is C19H22N2O6S. The van der Waals surface area contributed by atoms with E-state index in [0.29, 0.717) is 22.2 Å². The van der Waals surface area contributed by atoms with Crippen LogP contribution in [0.25, 0.3) is 0 Å². The molecule has 1 N–H and O–H groups in total. The number of ether oxygens (including phenoxy) is 2. The molecule has 1 aliphatic carbocycles. The van der Waals surface area contributed by atoms with Gasteiger partial charge in [0.25, 0.3) is 5.91 Å². The smallest absolute Gasteiger partial charge is 0.377 e. The van der Waals surface area contributed by atoms with Crippen LogP contribution in [0.15, 0.2) is 10.6 Å². The van der Waals surface area contributed by atoms with Crippen molar-refractivity contribution in [1.29, 1.82) is 0 Å². The molecule has 1 amide bonds. The number of nitrogens with zero attached hydrogens (tertiary/aromatic N) is 1. The van der Waals surface area contributed by atoms with Gasteiger partial charge < -0.3 is 19.3 Å². The van der Waals surface area contributed by atoms with Crippen molar-refractivity contribution < 1.29 is 28.4 Å². The highest BCUT2D eigenvalue weighted by molar-refractivity contribution is 7.17. The molecule has 8 nitrogen and oxygen atoms in total. The third-order valence-corrected chi connectivity index (χ3v) is 5.58. The quantitative estimate of drug-likeness (QED) is 0.734. The lowest BCUT2D eigenvalue weighted by Gasteiger charge is -2.18. The third kappa shape index (κ3) is 4.41. The molecule has 28 heavy (non-hydrogen) atoms. The Morgan fingerprint density at radius 1 is 1.32 bits per heavy atom. The summed E-state index contributed by atoms with van der Waals surface area (Å²) >= 11 is 1.38. The van der Waals surface area contributed by atoms with Gasteiger partial charge in [-0.25, -0.2) is 9.59 Å². The number of esters is 2. The number of rotatable bonds is 6. The molecule has 2 aromatic rings. The molecule has 0 aromatic carbocycles. The van der Waals surface area contributed by atoms with Crippen molar-refractivity contribution >= 4 is 34.2 Å². The van der Waals surface area contributed by atoms with E-state index in [4.69, 9.17) is 14.0 Å². The van der Waals surface area contributed by atoms with E-state index in [9.17, 15) is 14.4 Å². The summed E-state index contributed by atoms with van der Waals surface area (Å²) in [6.07, 6.45) is 2.62. The van der Waals surface area contributed by atoms with Gasteiger partial charge in [-0.05, 0) is 44.6 Å². The van der Waals surface area contributed by atoms with E-state index in [1.807, 2.05) is 0 Å². The third-order valence-electron chi connectivity index (χ3n) is 4.41. The molecule has 9 heteroatoms. The van der Waals surface area contributed by atoms with Crippen molar-refractivity contribution in [2.24, 2.45) is 5.92 Å². The zero-order chi connectivity index (χ0) is 20.3. The van der Waals surface area contributed by atoms with Crippen LogP contribution < -0.4 is 5.32 Å². The number of hydrogen-bond acceptors (Lipinski definition) is 8. The first-order chi connectivity index (χ1) is 13.4. The Bertz CT molecular complexity index is 900. The Morgan fingerprint density at radius 3 is 2.79 bits per heavy atom. The fraction of sp³-hybridized carbons (Fsp3) is 0.474. The van der Waals surface area contributed by atoms with Crippen LogP contribution in [0, 0.1) is 12.8 Å². The molecule has 0 radical (unpaired) electrons. The van der Waals surface area contributed by atoms with Crippen LogP contribution in [0.3, 0.4) is 0 Å². The topological polar surface area (TPSA) is 108 Å². The van der Waals surface area contributed by atoms with Gasteiger partial charge in [-0.1, -0.05) is 12.1 Å². The van der Waals surface area contributed by atoms with Gasteiger partial charge in [0, 0.05) is 10.9 Å². The lowest BCUT2D eigenvalue weighted by atomic mass is 9.88. The molecule has 0 saturated heterocycles. The molecule has 0 spiro atoms. The van der Waals surface area contributed by atoms with E-state index in [1.54, 1.807) is 13.8 Å². The summed E-state index contributed by atoms with van der Waals surface area (Å²) in [5.74, 6) is -1.31. The number of nitrogens with one attached hydrogen (secondary N) is 1. The van der Waals surface area contributed by atoms with Gasteiger partial charge in [-0.3, -0.25) is 4.79 Å². The SMILES string of the molecule is CCOC(=O)c1c(NC(=O)COC(=O)c2cc(C)no2)sc2c1CC[C@@H](C)C2. The largest absolute Gasteiger partial charge is 0.462 e. The molecule has 150 valence electrons. The molecule has 0 bridgehead atoms. The minimum Gasteiger partial charge on any atom is -0.462 e. The number of amides is 1. The van der Waals surface area contributed by atoms with Gasteiger partial charge in [0.1, 0.15) is 5.00 Å². The first-order valence-electron chi connectivity index (χ1n) is 9.11. The average Bonchev–Trinajstić information content (AvgIpc) is 3.22. The summed E-state index contributed by atoms with van der Waals surface area (Å²) in [6.45, 7) is 5.32. The Balaban J connectivity index is 1.71. The molecule has 1 atom stereocenters. The molecule has 0 saturated carbocycles. The zero-order valence-electron chi connectivity index (χ0n) is 16.0. The van der Waals surface area contributed by atoms with E-state index in [0.717, 1.165) is 29.7 Å². The van der Waals surface area contributed by atoms with Crippen molar-refractivity contribution in [2.45, 2.75) is 40.0 Å². The molecule has 0 fully saturated rings. The summed E-state index contributed by atoms with van der Waals surface area (Å²) in [5, 5.41) is 6.73. The first-order valence-corrected chi connectivity index (χ1v) is 9.92. The summed E-state index contributed by atoms with van der Waals surface area (Å²) in [7, 11) is 0. The van der Waals surface area contributed by atoms with Crippen LogP contribution in [0.2, 0.25) is 0 Å². The minimum absolute atomic E-state index is 0.0712. The lowest BCUT2D eigenvalue weighted by molar-refractivity contribution is -0.119. The molecule has 1 aliphatic rings.